The lowest BCUT2D eigenvalue weighted by Crippen LogP contribution is -2.39. The van der Waals surface area contributed by atoms with Crippen molar-refractivity contribution in [1.82, 2.24) is 0 Å². The van der Waals surface area contributed by atoms with Gasteiger partial charge in [-0.15, -0.1) is 0 Å². The molecule has 16 heteroatoms. The third kappa shape index (κ3) is 12.1. The third-order valence-corrected chi connectivity index (χ3v) is 10.6. The number of nitrogens with one attached hydrogen (secondary N) is 1. The van der Waals surface area contributed by atoms with Crippen molar-refractivity contribution < 1.29 is 56.3 Å². The molecular formula is C44H52Cl2F2N2O10. The maximum absolute atomic E-state index is 16.1. The summed E-state index contributed by atoms with van der Waals surface area (Å²) in [6, 6.07) is 14.8. The van der Waals surface area contributed by atoms with Crippen LogP contribution in [0.25, 0.3) is 0 Å². The van der Waals surface area contributed by atoms with Crippen LogP contribution in [0, 0.1) is 46.1 Å². The first-order valence-electron chi connectivity index (χ1n) is 19.5. The smallest absolute Gasteiger partial charge is 0.495 e. The zero-order valence-corrected chi connectivity index (χ0v) is 36.3. The van der Waals surface area contributed by atoms with E-state index in [2.05, 4.69) is 11.4 Å². The van der Waals surface area contributed by atoms with Crippen molar-refractivity contribution in [2.75, 3.05) is 59.2 Å². The van der Waals surface area contributed by atoms with Gasteiger partial charge in [0.1, 0.15) is 24.0 Å². The van der Waals surface area contributed by atoms with E-state index in [9.17, 15) is 19.6 Å². The van der Waals surface area contributed by atoms with Crippen LogP contribution in [0.15, 0.2) is 54.6 Å². The fraction of sp³-hybridized carbons (Fsp3) is 0.500. The number of methoxy groups -OCH3 is 2. The molecule has 1 unspecified atom stereocenters. The number of ether oxygens (including phenoxy) is 7. The van der Waals surface area contributed by atoms with Gasteiger partial charge in [0.15, 0.2) is 0 Å². The zero-order chi connectivity index (χ0) is 44.2. The van der Waals surface area contributed by atoms with Crippen molar-refractivity contribution in [2.45, 2.75) is 65.1 Å². The molecule has 1 saturated carbocycles. The van der Waals surface area contributed by atoms with Gasteiger partial charge in [-0.3, -0.25) is 4.79 Å². The number of amides is 1. The Morgan fingerprint density at radius 1 is 0.933 bits per heavy atom. The lowest BCUT2D eigenvalue weighted by atomic mass is 9.62. The summed E-state index contributed by atoms with van der Waals surface area (Å²) in [4.78, 5) is 40.3. The van der Waals surface area contributed by atoms with Gasteiger partial charge in [0, 0.05) is 35.4 Å². The number of hydrogen-bond donors (Lipinski definition) is 1. The van der Waals surface area contributed by atoms with Crippen molar-refractivity contribution >= 4 is 46.9 Å². The van der Waals surface area contributed by atoms with Crippen molar-refractivity contribution in [3.63, 3.8) is 0 Å². The quantitative estimate of drug-likeness (QED) is 0.0697. The van der Waals surface area contributed by atoms with Gasteiger partial charge in [-0.1, -0.05) is 76.0 Å². The first kappa shape index (κ1) is 48.1. The SMILES string of the molecule is COCCOCCOCCOC(=O)OC(OC(=O)c1ccc(NC(=O)[C@@H]2C[C@@H](CC(C)(C)C)[C@](C#N)(c3ccc(Cl)cc3F)[C@H]2c2cccc(Cl)c2F)c(OC)c1)C(C)C. The summed E-state index contributed by atoms with van der Waals surface area (Å²) >= 11 is 12.4. The van der Waals surface area contributed by atoms with E-state index in [0.29, 0.717) is 26.2 Å². The molecular weight excluding hydrogens is 825 g/mol. The van der Waals surface area contributed by atoms with E-state index in [4.69, 9.17) is 56.4 Å². The summed E-state index contributed by atoms with van der Waals surface area (Å²) in [5.74, 6) is -6.37. The van der Waals surface area contributed by atoms with Crippen molar-refractivity contribution in [3.8, 4) is 11.8 Å². The number of nitrogens with zero attached hydrogens (tertiary/aromatic N) is 1. The lowest BCUT2D eigenvalue weighted by molar-refractivity contribution is -0.120. The molecule has 0 heterocycles. The fourth-order valence-electron chi connectivity index (χ4n) is 7.49. The van der Waals surface area contributed by atoms with Crippen LogP contribution in [0.3, 0.4) is 0 Å². The monoisotopic (exact) mass is 876 g/mol. The second-order valence-electron chi connectivity index (χ2n) is 15.9. The first-order chi connectivity index (χ1) is 28.5. The van der Waals surface area contributed by atoms with Gasteiger partial charge in [0.25, 0.3) is 6.29 Å². The number of rotatable bonds is 19. The minimum Gasteiger partial charge on any atom is -0.495 e. The molecule has 4 rings (SSSR count). The van der Waals surface area contributed by atoms with Crippen LogP contribution in [0.2, 0.25) is 10.0 Å². The molecule has 12 nitrogen and oxygen atoms in total. The standard InChI is InChI=1S/C44H52Cl2F2N2O10/c1-26(2)41(60-42(53)58-20-19-57-18-17-56-16-15-54-6)59-40(52)27-11-14-35(36(21-27)55-7)50-39(51)31-22-28(24-43(3,4)5)44(25-49,32-13-12-29(45)23-34(32)47)37(31)30-9-8-10-33(46)38(30)48/h8-14,21,23,26,28,31,37,41H,15-20,22,24H2,1-7H3,(H,50,51)/t28-,31+,37-,41?,44+/m0/s1. The van der Waals surface area contributed by atoms with E-state index < -0.39 is 65.0 Å². The molecule has 5 atom stereocenters. The number of carbonyl (C=O) groups is 3. The Kier molecular flexibility index (Phi) is 17.5. The predicted molar refractivity (Wildman–Crippen MR) is 220 cm³/mol. The predicted octanol–water partition coefficient (Wildman–Crippen LogP) is 9.51. The zero-order valence-electron chi connectivity index (χ0n) is 34.8. The summed E-state index contributed by atoms with van der Waals surface area (Å²) in [6.07, 6.45) is -1.92. The van der Waals surface area contributed by atoms with E-state index in [-0.39, 0.29) is 69.8 Å². The average molecular weight is 878 g/mol. The molecule has 0 spiro atoms. The molecule has 0 aliphatic heterocycles. The van der Waals surface area contributed by atoms with E-state index >= 15 is 8.78 Å². The third-order valence-electron chi connectivity index (χ3n) is 10.1. The van der Waals surface area contributed by atoms with Crippen LogP contribution < -0.4 is 10.1 Å². The lowest BCUT2D eigenvalue weighted by Gasteiger charge is -2.38. The van der Waals surface area contributed by atoms with Crippen molar-refractivity contribution in [2.24, 2.45) is 23.2 Å². The Balaban J connectivity index is 1.57. The molecule has 3 aromatic carbocycles. The first-order valence-corrected chi connectivity index (χ1v) is 20.2. The molecule has 1 amide bonds. The molecule has 60 heavy (non-hydrogen) atoms. The number of hydrogen-bond acceptors (Lipinski definition) is 11. The van der Waals surface area contributed by atoms with Gasteiger partial charge in [-0.05, 0) is 66.1 Å². The molecule has 0 bridgehead atoms. The van der Waals surface area contributed by atoms with E-state index in [1.807, 2.05) is 20.8 Å². The molecule has 0 aromatic heterocycles. The van der Waals surface area contributed by atoms with Crippen molar-refractivity contribution in [1.29, 1.82) is 5.26 Å². The Morgan fingerprint density at radius 2 is 1.62 bits per heavy atom. The molecule has 326 valence electrons. The number of anilines is 1. The molecule has 0 saturated heterocycles. The fourth-order valence-corrected chi connectivity index (χ4v) is 7.83. The molecule has 1 N–H and O–H groups in total. The summed E-state index contributed by atoms with van der Waals surface area (Å²) in [5, 5.41) is 13.9. The molecule has 1 fully saturated rings. The Hall–Kier alpha value is -4.52. The normalized spacial score (nSPS) is 19.4. The van der Waals surface area contributed by atoms with Crippen LogP contribution >= 0.6 is 23.2 Å². The molecule has 0 radical (unpaired) electrons. The highest BCUT2D eigenvalue weighted by Crippen LogP contribution is 2.61. The van der Waals surface area contributed by atoms with E-state index in [0.717, 1.165) is 6.07 Å². The van der Waals surface area contributed by atoms with Gasteiger partial charge in [0.2, 0.25) is 5.91 Å². The summed E-state index contributed by atoms with van der Waals surface area (Å²) in [6.45, 7) is 10.8. The van der Waals surface area contributed by atoms with Gasteiger partial charge < -0.3 is 38.5 Å². The van der Waals surface area contributed by atoms with Gasteiger partial charge in [-0.2, -0.15) is 5.26 Å². The van der Waals surface area contributed by atoms with E-state index in [1.54, 1.807) is 21.0 Å². The topological polar surface area (TPSA) is 152 Å². The average Bonchev–Trinajstić information content (AvgIpc) is 3.50. The number of carbonyl (C=O) groups excluding carboxylic acids is 3. The van der Waals surface area contributed by atoms with Crippen LogP contribution in [0.4, 0.5) is 19.3 Å². The summed E-state index contributed by atoms with van der Waals surface area (Å²) < 4.78 is 69.1. The second-order valence-corrected chi connectivity index (χ2v) is 16.7. The molecule has 3 aromatic rings. The van der Waals surface area contributed by atoms with Crippen LogP contribution in [0.1, 0.15) is 74.9 Å². The molecule has 1 aliphatic rings. The van der Waals surface area contributed by atoms with Crippen LogP contribution in [-0.4, -0.2) is 78.2 Å². The highest BCUT2D eigenvalue weighted by Gasteiger charge is 2.61. The highest BCUT2D eigenvalue weighted by molar-refractivity contribution is 6.31. The Morgan fingerprint density at radius 3 is 2.23 bits per heavy atom. The largest absolute Gasteiger partial charge is 0.511 e. The molecule has 1 aliphatic carbocycles. The van der Waals surface area contributed by atoms with Crippen LogP contribution in [-0.2, 0) is 38.6 Å². The Labute approximate surface area is 359 Å². The number of esters is 1. The minimum atomic E-state index is -1.73. The van der Waals surface area contributed by atoms with Crippen LogP contribution in [0.5, 0.6) is 5.75 Å². The maximum Gasteiger partial charge on any atom is 0.511 e. The summed E-state index contributed by atoms with van der Waals surface area (Å²) in [5.41, 5.74) is -2.00. The second kappa shape index (κ2) is 21.8. The van der Waals surface area contributed by atoms with E-state index in [1.165, 1.54) is 55.6 Å². The van der Waals surface area contributed by atoms with Gasteiger partial charge in [0.05, 0.1) is 67.9 Å². The van der Waals surface area contributed by atoms with Crippen molar-refractivity contribution in [3.05, 3.63) is 93.0 Å². The number of benzene rings is 3. The van der Waals surface area contributed by atoms with Gasteiger partial charge >= 0.3 is 12.1 Å². The number of nitriles is 1. The highest BCUT2D eigenvalue weighted by atomic mass is 35.5. The maximum atomic E-state index is 16.1. The summed E-state index contributed by atoms with van der Waals surface area (Å²) in [7, 11) is 2.90. The number of halogens is 4. The Bertz CT molecular complexity index is 2010. The minimum absolute atomic E-state index is 0.000258. The van der Waals surface area contributed by atoms with Gasteiger partial charge in [-0.25, -0.2) is 18.4 Å².